The maximum atomic E-state index is 13.0. The molecule has 6 heteroatoms. The van der Waals surface area contributed by atoms with Gasteiger partial charge in [0.15, 0.2) is 0 Å². The maximum absolute atomic E-state index is 13.0. The van der Waals surface area contributed by atoms with Crippen LogP contribution in [0, 0.1) is 5.92 Å². The molecule has 0 amide bonds. The van der Waals surface area contributed by atoms with E-state index in [0.29, 0.717) is 13.2 Å². The first kappa shape index (κ1) is 36.7. The van der Waals surface area contributed by atoms with Crippen LogP contribution in [-0.4, -0.2) is 37.7 Å². The van der Waals surface area contributed by atoms with Gasteiger partial charge in [0.25, 0.3) is 0 Å². The Morgan fingerprint density at radius 3 is 1.44 bits per heavy atom. The monoisotopic (exact) mass is 574 g/mol. The van der Waals surface area contributed by atoms with E-state index >= 15 is 0 Å². The topological polar surface area (TPSA) is 78.9 Å². The molecule has 41 heavy (non-hydrogen) atoms. The fourth-order valence-electron chi connectivity index (χ4n) is 4.70. The van der Waals surface area contributed by atoms with Crippen LogP contribution < -0.4 is 0 Å². The predicted molar refractivity (Wildman–Crippen MR) is 167 cm³/mol. The number of ether oxygens (including phenoxy) is 3. The number of carbonyl (C=O) groups is 3. The van der Waals surface area contributed by atoms with E-state index in [4.69, 9.17) is 14.2 Å². The largest absolute Gasteiger partial charge is 0.462 e. The Morgan fingerprint density at radius 2 is 0.951 bits per heavy atom. The van der Waals surface area contributed by atoms with Gasteiger partial charge in [0.1, 0.15) is 0 Å². The van der Waals surface area contributed by atoms with Gasteiger partial charge >= 0.3 is 17.9 Å². The molecule has 1 aromatic rings. The van der Waals surface area contributed by atoms with Gasteiger partial charge in [-0.2, -0.15) is 0 Å². The molecule has 0 saturated heterocycles. The second-order valence-electron chi connectivity index (χ2n) is 11.7. The van der Waals surface area contributed by atoms with Gasteiger partial charge in [-0.15, -0.1) is 0 Å². The minimum Gasteiger partial charge on any atom is -0.462 e. The van der Waals surface area contributed by atoms with Gasteiger partial charge in [-0.05, 0) is 43.4 Å². The van der Waals surface area contributed by atoms with Crippen LogP contribution in [0.1, 0.15) is 174 Å². The molecule has 0 N–H and O–H groups in total. The van der Waals surface area contributed by atoms with Gasteiger partial charge < -0.3 is 14.2 Å². The zero-order chi connectivity index (χ0) is 30.1. The van der Waals surface area contributed by atoms with Crippen LogP contribution in [0.2, 0.25) is 0 Å². The molecule has 0 bridgehead atoms. The molecule has 0 saturated carbocycles. The molecule has 6 nitrogen and oxygen atoms in total. The highest BCUT2D eigenvalue weighted by atomic mass is 16.5. The standard InChI is InChI=1S/C35H58O6/c1-5-7-9-11-15-19-25-39-33(36)30-23-24-31(34(37)40-26-20-16-12-10-8-6-2)32(28-30)35(38)41-27-21-17-13-14-18-22-29(3)4/h23-24,28-29H,5-22,25-27H2,1-4H3. The average Bonchev–Trinajstić information content (AvgIpc) is 2.96. The van der Waals surface area contributed by atoms with Crippen molar-refractivity contribution in [2.45, 2.75) is 143 Å². The first-order valence-corrected chi connectivity index (χ1v) is 16.6. The highest BCUT2D eigenvalue weighted by molar-refractivity contribution is 6.05. The van der Waals surface area contributed by atoms with E-state index in [1.165, 1.54) is 76.0 Å². The van der Waals surface area contributed by atoms with Gasteiger partial charge in [-0.3, -0.25) is 0 Å². The fourth-order valence-corrected chi connectivity index (χ4v) is 4.70. The number of rotatable bonds is 25. The minimum atomic E-state index is -0.609. The summed E-state index contributed by atoms with van der Waals surface area (Å²) in [6.45, 7) is 9.76. The van der Waals surface area contributed by atoms with Crippen molar-refractivity contribution in [1.82, 2.24) is 0 Å². The lowest BCUT2D eigenvalue weighted by molar-refractivity contribution is 0.0447. The van der Waals surface area contributed by atoms with Crippen molar-refractivity contribution < 1.29 is 28.6 Å². The van der Waals surface area contributed by atoms with E-state index in [0.717, 1.165) is 63.7 Å². The number of hydrogen-bond donors (Lipinski definition) is 0. The third kappa shape index (κ3) is 17.9. The Balaban J connectivity index is 2.70. The smallest absolute Gasteiger partial charge is 0.339 e. The van der Waals surface area contributed by atoms with E-state index in [1.807, 2.05) is 0 Å². The predicted octanol–water partition coefficient (Wildman–Crippen LogP) is 9.87. The van der Waals surface area contributed by atoms with Gasteiger partial charge in [0.2, 0.25) is 0 Å². The molecule has 1 rings (SSSR count). The van der Waals surface area contributed by atoms with Crippen molar-refractivity contribution in [2.75, 3.05) is 19.8 Å². The molecule has 0 spiro atoms. The van der Waals surface area contributed by atoms with Crippen LogP contribution in [-0.2, 0) is 14.2 Å². The Bertz CT molecular complexity index is 847. The summed E-state index contributed by atoms with van der Waals surface area (Å²) < 4.78 is 16.4. The van der Waals surface area contributed by atoms with Gasteiger partial charge in [-0.25, -0.2) is 14.4 Å². The SMILES string of the molecule is CCCCCCCCOC(=O)c1ccc(C(=O)OCCCCCCCC)c(C(=O)OCCCCCCCC(C)C)c1. The fraction of sp³-hybridized carbons (Fsp3) is 0.743. The van der Waals surface area contributed by atoms with Crippen molar-refractivity contribution in [3.8, 4) is 0 Å². The van der Waals surface area contributed by atoms with E-state index in [-0.39, 0.29) is 23.3 Å². The van der Waals surface area contributed by atoms with E-state index in [2.05, 4.69) is 27.7 Å². The molecule has 0 aromatic heterocycles. The van der Waals surface area contributed by atoms with Crippen LogP contribution in [0.15, 0.2) is 18.2 Å². The third-order valence-electron chi connectivity index (χ3n) is 7.32. The summed E-state index contributed by atoms with van der Waals surface area (Å²) in [6.07, 6.45) is 19.6. The Hall–Kier alpha value is -2.37. The summed E-state index contributed by atoms with van der Waals surface area (Å²) in [5, 5.41) is 0. The number of unbranched alkanes of at least 4 members (excludes halogenated alkanes) is 14. The van der Waals surface area contributed by atoms with Crippen LogP contribution in [0.5, 0.6) is 0 Å². The van der Waals surface area contributed by atoms with Gasteiger partial charge in [0.05, 0.1) is 36.5 Å². The molecule has 0 radical (unpaired) electrons. The summed E-state index contributed by atoms with van der Waals surface area (Å²) in [5.41, 5.74) is 0.423. The molecular weight excluding hydrogens is 516 g/mol. The van der Waals surface area contributed by atoms with Gasteiger partial charge in [-0.1, -0.05) is 124 Å². The number of esters is 3. The molecule has 0 fully saturated rings. The van der Waals surface area contributed by atoms with Crippen LogP contribution >= 0.6 is 0 Å². The van der Waals surface area contributed by atoms with E-state index < -0.39 is 17.9 Å². The molecule has 0 aliphatic carbocycles. The zero-order valence-electron chi connectivity index (χ0n) is 26.6. The van der Waals surface area contributed by atoms with Crippen molar-refractivity contribution in [3.05, 3.63) is 34.9 Å². The normalized spacial score (nSPS) is 11.0. The van der Waals surface area contributed by atoms with Crippen molar-refractivity contribution in [1.29, 1.82) is 0 Å². The molecule has 0 atom stereocenters. The highest BCUT2D eigenvalue weighted by Crippen LogP contribution is 2.18. The third-order valence-corrected chi connectivity index (χ3v) is 7.32. The lowest BCUT2D eigenvalue weighted by Gasteiger charge is -2.12. The first-order valence-electron chi connectivity index (χ1n) is 16.6. The highest BCUT2D eigenvalue weighted by Gasteiger charge is 2.22. The van der Waals surface area contributed by atoms with E-state index in [9.17, 15) is 14.4 Å². The van der Waals surface area contributed by atoms with Crippen molar-refractivity contribution in [2.24, 2.45) is 5.92 Å². The Morgan fingerprint density at radius 1 is 0.537 bits per heavy atom. The second kappa shape index (κ2) is 24.2. The summed E-state index contributed by atoms with van der Waals surface area (Å²) in [6, 6.07) is 4.42. The molecule has 234 valence electrons. The summed E-state index contributed by atoms with van der Waals surface area (Å²) >= 11 is 0. The average molecular weight is 575 g/mol. The number of carbonyl (C=O) groups excluding carboxylic acids is 3. The quantitative estimate of drug-likeness (QED) is 0.0657. The lowest BCUT2D eigenvalue weighted by atomic mass is 10.0. The maximum Gasteiger partial charge on any atom is 0.339 e. The molecule has 0 aliphatic heterocycles. The summed E-state index contributed by atoms with van der Waals surface area (Å²) in [5.74, 6) is -0.947. The second-order valence-corrected chi connectivity index (χ2v) is 11.7. The summed E-state index contributed by atoms with van der Waals surface area (Å²) in [7, 11) is 0. The van der Waals surface area contributed by atoms with Crippen molar-refractivity contribution >= 4 is 17.9 Å². The lowest BCUT2D eigenvalue weighted by Crippen LogP contribution is -2.17. The molecule has 0 aliphatic rings. The summed E-state index contributed by atoms with van der Waals surface area (Å²) in [4.78, 5) is 38.6. The Kier molecular flexibility index (Phi) is 21.7. The van der Waals surface area contributed by atoms with E-state index in [1.54, 1.807) is 0 Å². The van der Waals surface area contributed by atoms with Gasteiger partial charge in [0, 0.05) is 0 Å². The molecule has 1 aromatic carbocycles. The first-order chi connectivity index (χ1) is 19.9. The van der Waals surface area contributed by atoms with Crippen LogP contribution in [0.3, 0.4) is 0 Å². The minimum absolute atomic E-state index is 0.0592. The molecule has 0 heterocycles. The molecule has 0 unspecified atom stereocenters. The van der Waals surface area contributed by atoms with Crippen molar-refractivity contribution in [3.63, 3.8) is 0 Å². The zero-order valence-corrected chi connectivity index (χ0v) is 26.6. The number of benzene rings is 1. The van der Waals surface area contributed by atoms with Crippen LogP contribution in [0.25, 0.3) is 0 Å². The molecular formula is C35H58O6. The van der Waals surface area contributed by atoms with Crippen LogP contribution in [0.4, 0.5) is 0 Å². The number of hydrogen-bond acceptors (Lipinski definition) is 6. The Labute approximate surface area is 250 Å².